The molecule has 0 radical (unpaired) electrons. The number of aldehydes is 1. The third-order valence-corrected chi connectivity index (χ3v) is 8.10. The van der Waals surface area contributed by atoms with Crippen molar-refractivity contribution >= 4 is 51.7 Å². The molecule has 42 heavy (non-hydrogen) atoms. The molecule has 0 saturated carbocycles. The maximum Gasteiger partial charge on any atom is 0.154 e. The van der Waals surface area contributed by atoms with Gasteiger partial charge < -0.3 is 9.97 Å². The molecule has 3 aromatic rings. The first-order chi connectivity index (χ1) is 19.3. The molecule has 0 unspecified atom stereocenters. The van der Waals surface area contributed by atoms with Crippen LogP contribution < -0.4 is 0 Å². The zero-order valence-electron chi connectivity index (χ0n) is 27.4. The van der Waals surface area contributed by atoms with Gasteiger partial charge >= 0.3 is 0 Å². The predicted octanol–water partition coefficient (Wildman–Crippen LogP) is 9.90. The summed E-state index contributed by atoms with van der Waals surface area (Å²) in [6.45, 7) is 26.5. The summed E-state index contributed by atoms with van der Waals surface area (Å²) >= 11 is 0. The normalized spacial score (nSPS) is 14.6. The Morgan fingerprint density at radius 3 is 1.64 bits per heavy atom. The van der Waals surface area contributed by atoms with Crippen LogP contribution in [0.25, 0.3) is 45.4 Å². The fourth-order valence-corrected chi connectivity index (χ4v) is 5.87. The third kappa shape index (κ3) is 5.54. The van der Waals surface area contributed by atoms with Crippen LogP contribution in [0, 0.1) is 10.8 Å². The Bertz CT molecular complexity index is 1810. The highest BCUT2D eigenvalue weighted by Gasteiger charge is 2.28. The predicted molar refractivity (Wildman–Crippen MR) is 178 cm³/mol. The van der Waals surface area contributed by atoms with Crippen molar-refractivity contribution in [3.63, 3.8) is 0 Å². The van der Waals surface area contributed by atoms with Gasteiger partial charge in [0, 0.05) is 16.6 Å². The Balaban J connectivity index is 2.03. The van der Waals surface area contributed by atoms with Crippen LogP contribution in [0.15, 0.2) is 30.3 Å². The van der Waals surface area contributed by atoms with Gasteiger partial charge in [0.05, 0.1) is 33.9 Å². The van der Waals surface area contributed by atoms with Gasteiger partial charge in [-0.05, 0) is 86.4 Å². The molecule has 0 aromatic carbocycles. The van der Waals surface area contributed by atoms with Crippen molar-refractivity contribution in [2.45, 2.75) is 93.9 Å². The molecule has 0 aliphatic carbocycles. The second-order valence-corrected chi connectivity index (χ2v) is 16.0. The van der Waals surface area contributed by atoms with E-state index in [0.717, 1.165) is 62.3 Å². The van der Waals surface area contributed by atoms with Gasteiger partial charge in [-0.2, -0.15) is 0 Å². The summed E-state index contributed by atoms with van der Waals surface area (Å²) in [6, 6.07) is 10.8. The van der Waals surface area contributed by atoms with Crippen molar-refractivity contribution in [1.29, 1.82) is 0 Å². The van der Waals surface area contributed by atoms with Crippen LogP contribution in [0.3, 0.4) is 0 Å². The summed E-state index contributed by atoms with van der Waals surface area (Å²) in [5.41, 5.74) is 11.8. The van der Waals surface area contributed by atoms with Crippen LogP contribution >= 0.6 is 0 Å². The molecule has 0 atom stereocenters. The highest BCUT2D eigenvalue weighted by molar-refractivity contribution is 5.99. The number of hydrogen-bond donors (Lipinski definition) is 2. The summed E-state index contributed by atoms with van der Waals surface area (Å²) in [5.74, 6) is 0. The SMILES string of the molecule is CC(C)(C)C1=Cc2cc3[nH]c(cc3C(C)(C)C)c(C=O)c3nc(cc4[nH]c(cc1n2)cc4C(C)(C)C)C=C3C(C)(C)C. The lowest BCUT2D eigenvalue weighted by Gasteiger charge is -2.20. The number of allylic oxidation sites excluding steroid dienone is 2. The molecule has 5 nitrogen and oxygen atoms in total. The number of nitrogens with zero attached hydrogens (tertiary/aromatic N) is 2. The van der Waals surface area contributed by atoms with Crippen LogP contribution in [-0.2, 0) is 10.8 Å². The molecule has 0 saturated heterocycles. The van der Waals surface area contributed by atoms with Gasteiger partial charge in [0.15, 0.2) is 6.29 Å². The van der Waals surface area contributed by atoms with Gasteiger partial charge in [0.25, 0.3) is 0 Å². The van der Waals surface area contributed by atoms with Crippen LogP contribution in [0.2, 0.25) is 0 Å². The molecule has 3 aromatic heterocycles. The maximum atomic E-state index is 12.9. The van der Waals surface area contributed by atoms with Crippen molar-refractivity contribution in [1.82, 2.24) is 19.9 Å². The minimum atomic E-state index is -0.208. The molecule has 2 N–H and O–H groups in total. The number of rotatable bonds is 1. The van der Waals surface area contributed by atoms with E-state index in [2.05, 4.69) is 136 Å². The van der Waals surface area contributed by atoms with Gasteiger partial charge in [0.2, 0.25) is 0 Å². The highest BCUT2D eigenvalue weighted by Crippen LogP contribution is 2.41. The molecule has 0 fully saturated rings. The Morgan fingerprint density at radius 2 is 1.10 bits per heavy atom. The molecule has 8 bridgehead atoms. The zero-order valence-corrected chi connectivity index (χ0v) is 27.4. The largest absolute Gasteiger partial charge is 0.355 e. The molecule has 0 spiro atoms. The van der Waals surface area contributed by atoms with E-state index in [0.29, 0.717) is 5.56 Å². The number of H-pyrrole nitrogens is 2. The fourth-order valence-electron chi connectivity index (χ4n) is 5.87. The summed E-state index contributed by atoms with van der Waals surface area (Å²) in [5, 5.41) is 0. The van der Waals surface area contributed by atoms with E-state index in [1.807, 2.05) is 0 Å². The van der Waals surface area contributed by atoms with Gasteiger partial charge in [-0.15, -0.1) is 0 Å². The Kier molecular flexibility index (Phi) is 6.84. The smallest absolute Gasteiger partial charge is 0.154 e. The molecule has 5 heterocycles. The Morgan fingerprint density at radius 1 is 0.571 bits per heavy atom. The number of carbonyl (C=O) groups excluding carboxylic acids is 1. The molecule has 2 aliphatic rings. The second-order valence-electron chi connectivity index (χ2n) is 16.0. The van der Waals surface area contributed by atoms with Crippen LogP contribution in [0.4, 0.5) is 0 Å². The van der Waals surface area contributed by atoms with Gasteiger partial charge in [-0.25, -0.2) is 9.97 Å². The van der Waals surface area contributed by atoms with Crippen LogP contribution in [0.1, 0.15) is 127 Å². The molecule has 0 amide bonds. The lowest BCUT2D eigenvalue weighted by Crippen LogP contribution is -2.10. The van der Waals surface area contributed by atoms with Crippen LogP contribution in [-0.4, -0.2) is 26.2 Å². The lowest BCUT2D eigenvalue weighted by molar-refractivity contribution is 0.112. The van der Waals surface area contributed by atoms with Crippen molar-refractivity contribution < 1.29 is 4.79 Å². The van der Waals surface area contributed by atoms with Crippen molar-refractivity contribution in [2.75, 3.05) is 0 Å². The third-order valence-electron chi connectivity index (χ3n) is 8.10. The quantitative estimate of drug-likeness (QED) is 0.290. The number of aromatic amines is 2. The van der Waals surface area contributed by atoms with E-state index in [9.17, 15) is 4.79 Å². The Hall–Kier alpha value is -3.73. The summed E-state index contributed by atoms with van der Waals surface area (Å²) in [7, 11) is 0. The number of carbonyl (C=O) groups is 1. The lowest BCUT2D eigenvalue weighted by atomic mass is 9.83. The molecular formula is C37H46N4O. The second kappa shape index (κ2) is 9.65. The summed E-state index contributed by atoms with van der Waals surface area (Å²) in [4.78, 5) is 30.4. The molecule has 220 valence electrons. The monoisotopic (exact) mass is 562 g/mol. The highest BCUT2D eigenvalue weighted by atomic mass is 16.1. The molecule has 5 rings (SSSR count). The van der Waals surface area contributed by atoms with Gasteiger partial charge in [-0.1, -0.05) is 83.1 Å². The van der Waals surface area contributed by atoms with Gasteiger partial charge in [0.1, 0.15) is 0 Å². The van der Waals surface area contributed by atoms with Gasteiger partial charge in [-0.3, -0.25) is 4.79 Å². The Labute approximate surface area is 250 Å². The van der Waals surface area contributed by atoms with Crippen molar-refractivity contribution in [2.24, 2.45) is 10.8 Å². The number of fused-ring (bicyclic) bond motifs is 8. The van der Waals surface area contributed by atoms with E-state index >= 15 is 0 Å². The maximum absolute atomic E-state index is 12.9. The average Bonchev–Trinajstić information content (AvgIpc) is 3.59. The minimum Gasteiger partial charge on any atom is -0.355 e. The fraction of sp³-hybridized carbons (Fsp3) is 0.432. The zero-order chi connectivity index (χ0) is 31.0. The van der Waals surface area contributed by atoms with E-state index < -0.39 is 0 Å². The van der Waals surface area contributed by atoms with E-state index in [1.54, 1.807) is 0 Å². The van der Waals surface area contributed by atoms with Crippen molar-refractivity contribution in [3.05, 3.63) is 69.8 Å². The van der Waals surface area contributed by atoms with E-state index in [4.69, 9.17) is 9.97 Å². The molecule has 2 aliphatic heterocycles. The molecular weight excluding hydrogens is 516 g/mol. The topological polar surface area (TPSA) is 74.4 Å². The minimum absolute atomic E-state index is 0.0886. The van der Waals surface area contributed by atoms with E-state index in [-0.39, 0.29) is 21.7 Å². The summed E-state index contributed by atoms with van der Waals surface area (Å²) < 4.78 is 0. The first-order valence-electron chi connectivity index (χ1n) is 15.0. The first kappa shape index (κ1) is 29.8. The molecule has 5 heteroatoms. The van der Waals surface area contributed by atoms with E-state index in [1.165, 1.54) is 11.1 Å². The van der Waals surface area contributed by atoms with Crippen LogP contribution in [0.5, 0.6) is 0 Å². The summed E-state index contributed by atoms with van der Waals surface area (Å²) in [6.07, 6.45) is 5.28. The number of hydrogen-bond acceptors (Lipinski definition) is 3. The first-order valence-corrected chi connectivity index (χ1v) is 15.0. The standard InChI is InChI=1S/C37H46N4O/c1-34(2,3)25-14-22-17-32-27(36(7,8)9)19-29(41-32)24(20-42)33-28(37(10,11)12)15-23(40-33)18-31-26(35(4,5)6)13-21(38-31)16-30(25)39-22/h13-20,38,41H,1-12H3. The number of aromatic nitrogens is 4. The average molecular weight is 563 g/mol. The number of nitrogens with one attached hydrogen (secondary N) is 2. The van der Waals surface area contributed by atoms with Crippen molar-refractivity contribution in [3.8, 4) is 0 Å².